The molecule has 52 heavy (non-hydrogen) atoms. The highest BCUT2D eigenvalue weighted by molar-refractivity contribution is 5.86. The van der Waals surface area contributed by atoms with Crippen LogP contribution in [-0.2, 0) is 32.1 Å². The molecule has 0 aromatic heterocycles. The van der Waals surface area contributed by atoms with Crippen LogP contribution in [-0.4, -0.2) is 91.2 Å². The van der Waals surface area contributed by atoms with Crippen molar-refractivity contribution in [2.75, 3.05) is 40.3 Å². The first kappa shape index (κ1) is 42.3. The molecule has 0 heterocycles. The number of ether oxygens (including phenoxy) is 1. The van der Waals surface area contributed by atoms with Crippen molar-refractivity contribution in [3.63, 3.8) is 0 Å². The van der Waals surface area contributed by atoms with E-state index in [2.05, 4.69) is 46.4 Å². The Labute approximate surface area is 312 Å². The van der Waals surface area contributed by atoms with E-state index in [9.17, 15) is 19.5 Å². The quantitative estimate of drug-likeness (QED) is 0.151. The third-order valence-corrected chi connectivity index (χ3v) is 10.1. The van der Waals surface area contributed by atoms with Crippen LogP contribution >= 0.6 is 0 Å². The van der Waals surface area contributed by atoms with E-state index in [4.69, 9.17) is 17.6 Å². The third-order valence-electron chi connectivity index (χ3n) is 10.1. The van der Waals surface area contributed by atoms with Gasteiger partial charge in [0.05, 0.1) is 30.1 Å². The topological polar surface area (TPSA) is 111 Å². The lowest BCUT2D eigenvalue weighted by Gasteiger charge is -2.34. The number of likely N-dealkylation sites (N-methyl/N-ethyl adjacent to an activating group) is 2. The SMILES string of the molecule is C#CCC[C@H](CNC(=O)C(CC(=O)N(C)CCN(C)Cc1ccccc1)Cc1ccccc1)C(=O)NC[C@@H](O)[C@H](CCC#C)OC1CCCCC1C. The minimum absolute atomic E-state index is 0.00627. The highest BCUT2D eigenvalue weighted by Gasteiger charge is 2.30. The molecule has 3 rings (SSSR count). The highest BCUT2D eigenvalue weighted by atomic mass is 16.5. The molecule has 1 aliphatic carbocycles. The molecule has 3 amide bonds. The molecule has 2 aromatic rings. The molecule has 1 fully saturated rings. The van der Waals surface area contributed by atoms with Crippen molar-refractivity contribution in [2.24, 2.45) is 17.8 Å². The highest BCUT2D eigenvalue weighted by Crippen LogP contribution is 2.28. The molecular weight excluding hydrogens is 652 g/mol. The number of aliphatic hydroxyl groups is 1. The normalized spacial score (nSPS) is 17.9. The summed E-state index contributed by atoms with van der Waals surface area (Å²) in [6.45, 7) is 4.20. The van der Waals surface area contributed by atoms with Crippen molar-refractivity contribution < 1.29 is 24.2 Å². The molecule has 9 nitrogen and oxygen atoms in total. The first-order chi connectivity index (χ1) is 25.1. The second kappa shape index (κ2) is 23.4. The molecule has 0 aliphatic heterocycles. The number of hydrogen-bond acceptors (Lipinski definition) is 6. The van der Waals surface area contributed by atoms with Gasteiger partial charge < -0.3 is 30.3 Å². The van der Waals surface area contributed by atoms with Gasteiger partial charge in [-0.05, 0) is 56.2 Å². The van der Waals surface area contributed by atoms with Gasteiger partial charge in [0.2, 0.25) is 17.7 Å². The van der Waals surface area contributed by atoms with Gasteiger partial charge in [0.15, 0.2) is 0 Å². The van der Waals surface area contributed by atoms with Crippen LogP contribution in [0.2, 0.25) is 0 Å². The standard InChI is InChI=1S/C43H60N4O5/c1-6-8-23-36(42(50)45-31-38(48)40(24-9-7-2)52-39-25-17-16-18-33(39)3)30-44-43(51)37(28-34-19-12-10-13-20-34)29-41(49)47(5)27-26-46(4)32-35-21-14-11-15-22-35/h1-2,10-15,19-22,33,36-40,48H,8-9,16-18,23-32H2,3-5H3,(H,44,51)(H,45,50)/t33?,36-,37?,38-,39?,40+/m1/s1. The fourth-order valence-corrected chi connectivity index (χ4v) is 6.66. The Kier molecular flexibility index (Phi) is 19.0. The van der Waals surface area contributed by atoms with Crippen LogP contribution in [0.4, 0.5) is 0 Å². The van der Waals surface area contributed by atoms with E-state index in [0.717, 1.165) is 31.4 Å². The average molecular weight is 713 g/mol. The molecule has 2 aromatic carbocycles. The Hall–Kier alpha value is -4.15. The van der Waals surface area contributed by atoms with Crippen LogP contribution in [0.1, 0.15) is 75.8 Å². The smallest absolute Gasteiger partial charge is 0.225 e. The number of carbonyl (C=O) groups excluding carboxylic acids is 3. The van der Waals surface area contributed by atoms with Crippen molar-refractivity contribution in [3.8, 4) is 24.7 Å². The Bertz CT molecular complexity index is 1440. The van der Waals surface area contributed by atoms with Crippen molar-refractivity contribution >= 4 is 17.7 Å². The van der Waals surface area contributed by atoms with E-state index < -0.39 is 24.0 Å². The molecule has 0 saturated heterocycles. The zero-order valence-electron chi connectivity index (χ0n) is 31.5. The molecular formula is C43H60N4O5. The van der Waals surface area contributed by atoms with Gasteiger partial charge in [-0.25, -0.2) is 0 Å². The van der Waals surface area contributed by atoms with Crippen LogP contribution in [0.3, 0.4) is 0 Å². The van der Waals surface area contributed by atoms with E-state index in [1.54, 1.807) is 11.9 Å². The summed E-state index contributed by atoms with van der Waals surface area (Å²) in [4.78, 5) is 44.4. The lowest BCUT2D eigenvalue weighted by atomic mass is 9.87. The van der Waals surface area contributed by atoms with Crippen LogP contribution in [0, 0.1) is 42.4 Å². The molecule has 9 heteroatoms. The first-order valence-electron chi connectivity index (χ1n) is 18.9. The van der Waals surface area contributed by atoms with Gasteiger partial charge in [0.1, 0.15) is 0 Å². The van der Waals surface area contributed by atoms with Crippen LogP contribution in [0.15, 0.2) is 60.7 Å². The van der Waals surface area contributed by atoms with Crippen molar-refractivity contribution in [3.05, 3.63) is 71.8 Å². The molecule has 282 valence electrons. The summed E-state index contributed by atoms with van der Waals surface area (Å²) in [6.07, 6.45) is 16.1. The number of rotatable bonds is 22. The summed E-state index contributed by atoms with van der Waals surface area (Å²) in [5.41, 5.74) is 2.15. The fourth-order valence-electron chi connectivity index (χ4n) is 6.66. The maximum absolute atomic E-state index is 13.7. The summed E-state index contributed by atoms with van der Waals surface area (Å²) < 4.78 is 6.36. The zero-order chi connectivity index (χ0) is 37.7. The molecule has 0 spiro atoms. The van der Waals surface area contributed by atoms with Gasteiger partial charge in [-0.3, -0.25) is 14.4 Å². The summed E-state index contributed by atoms with van der Waals surface area (Å²) in [5.74, 6) is 3.64. The van der Waals surface area contributed by atoms with E-state index >= 15 is 0 Å². The van der Waals surface area contributed by atoms with Crippen molar-refractivity contribution in [2.45, 2.75) is 96.0 Å². The van der Waals surface area contributed by atoms with Gasteiger partial charge in [-0.1, -0.05) is 80.4 Å². The van der Waals surface area contributed by atoms with Crippen LogP contribution < -0.4 is 10.6 Å². The number of nitrogens with zero attached hydrogens (tertiary/aromatic N) is 2. The van der Waals surface area contributed by atoms with Crippen LogP contribution in [0.25, 0.3) is 0 Å². The Balaban J connectivity index is 1.59. The zero-order valence-corrected chi connectivity index (χ0v) is 31.5. The minimum Gasteiger partial charge on any atom is -0.389 e. The lowest BCUT2D eigenvalue weighted by molar-refractivity contribution is -0.136. The molecule has 3 N–H and O–H groups in total. The molecule has 0 bridgehead atoms. The minimum atomic E-state index is -0.939. The monoisotopic (exact) mass is 712 g/mol. The molecule has 3 unspecified atom stereocenters. The Morgan fingerprint density at radius 3 is 2.10 bits per heavy atom. The van der Waals surface area contributed by atoms with Gasteiger partial charge in [-0.15, -0.1) is 24.7 Å². The maximum Gasteiger partial charge on any atom is 0.225 e. The second-order valence-corrected chi connectivity index (χ2v) is 14.3. The number of nitrogens with one attached hydrogen (secondary N) is 2. The van der Waals surface area contributed by atoms with E-state index in [1.165, 1.54) is 12.0 Å². The predicted molar refractivity (Wildman–Crippen MR) is 207 cm³/mol. The molecule has 1 saturated carbocycles. The number of terminal acetylenes is 2. The molecule has 0 radical (unpaired) electrons. The largest absolute Gasteiger partial charge is 0.389 e. The van der Waals surface area contributed by atoms with Gasteiger partial charge in [0.25, 0.3) is 0 Å². The van der Waals surface area contributed by atoms with Gasteiger partial charge >= 0.3 is 0 Å². The lowest BCUT2D eigenvalue weighted by Crippen LogP contribution is -2.46. The van der Waals surface area contributed by atoms with Gasteiger partial charge in [0, 0.05) is 59.0 Å². The Morgan fingerprint density at radius 2 is 1.44 bits per heavy atom. The van der Waals surface area contributed by atoms with E-state index in [1.807, 2.05) is 55.6 Å². The maximum atomic E-state index is 13.7. The average Bonchev–Trinajstić information content (AvgIpc) is 3.15. The summed E-state index contributed by atoms with van der Waals surface area (Å²) in [7, 11) is 3.79. The van der Waals surface area contributed by atoms with Crippen molar-refractivity contribution in [1.29, 1.82) is 0 Å². The number of benzene rings is 2. The molecule has 1 aliphatic rings. The van der Waals surface area contributed by atoms with E-state index in [0.29, 0.717) is 51.1 Å². The molecule has 6 atom stereocenters. The van der Waals surface area contributed by atoms with Crippen molar-refractivity contribution in [1.82, 2.24) is 20.4 Å². The van der Waals surface area contributed by atoms with E-state index in [-0.39, 0.29) is 43.3 Å². The summed E-state index contributed by atoms with van der Waals surface area (Å²) in [5, 5.41) is 16.9. The first-order valence-corrected chi connectivity index (χ1v) is 18.9. The number of hydrogen-bond donors (Lipinski definition) is 3. The third kappa shape index (κ3) is 15.2. The second-order valence-electron chi connectivity index (χ2n) is 14.3. The summed E-state index contributed by atoms with van der Waals surface area (Å²) >= 11 is 0. The summed E-state index contributed by atoms with van der Waals surface area (Å²) in [6, 6.07) is 19.8. The van der Waals surface area contributed by atoms with Crippen LogP contribution in [0.5, 0.6) is 0 Å². The number of aliphatic hydroxyl groups excluding tert-OH is 1. The fraction of sp³-hybridized carbons (Fsp3) is 0.558. The predicted octanol–water partition coefficient (Wildman–Crippen LogP) is 4.83. The number of carbonyl (C=O) groups is 3. The van der Waals surface area contributed by atoms with Gasteiger partial charge in [-0.2, -0.15) is 0 Å². The number of amides is 3. The Morgan fingerprint density at radius 1 is 0.846 bits per heavy atom.